The molecule has 0 saturated carbocycles. The summed E-state index contributed by atoms with van der Waals surface area (Å²) in [4.78, 5) is 13.8. The molecule has 0 aromatic heterocycles. The number of benzene rings is 2. The Morgan fingerprint density at radius 2 is 1.93 bits per heavy atom. The minimum absolute atomic E-state index is 0.136. The van der Waals surface area contributed by atoms with E-state index in [1.807, 2.05) is 12.1 Å². The summed E-state index contributed by atoms with van der Waals surface area (Å²) in [6.07, 6.45) is 0. The monoisotopic (exact) mass is 464 g/mol. The fraction of sp³-hybridized carbons (Fsp3) is 0.167. The highest BCUT2D eigenvalue weighted by Crippen LogP contribution is 2.31. The lowest BCUT2D eigenvalue weighted by molar-refractivity contribution is -0.111. The Morgan fingerprint density at radius 3 is 2.57 bits per heavy atom. The number of halogens is 1. The minimum Gasteiger partial charge on any atom is -0.495 e. The molecular formula is C18H17BrN4O4S. The molecule has 2 aromatic rings. The number of likely N-dealkylation sites (N-methyl/N-ethyl adjacent to an activating group) is 1. The van der Waals surface area contributed by atoms with E-state index in [0.29, 0.717) is 16.8 Å². The number of primary sulfonamides is 1. The van der Waals surface area contributed by atoms with Gasteiger partial charge in [-0.05, 0) is 48.9 Å². The molecule has 3 rings (SSSR count). The number of anilines is 1. The highest BCUT2D eigenvalue weighted by molar-refractivity contribution is 9.10. The van der Waals surface area contributed by atoms with E-state index in [2.05, 4.69) is 26.1 Å². The van der Waals surface area contributed by atoms with Crippen LogP contribution in [0.25, 0.3) is 0 Å². The first-order chi connectivity index (χ1) is 13.1. The van der Waals surface area contributed by atoms with E-state index in [0.717, 1.165) is 10.2 Å². The van der Waals surface area contributed by atoms with Crippen molar-refractivity contribution in [3.63, 3.8) is 0 Å². The molecule has 146 valence electrons. The Morgan fingerprint density at radius 1 is 1.21 bits per heavy atom. The first-order valence-electron chi connectivity index (χ1n) is 8.05. The summed E-state index contributed by atoms with van der Waals surface area (Å²) in [6, 6.07) is 9.94. The molecule has 10 heteroatoms. The van der Waals surface area contributed by atoms with E-state index in [1.54, 1.807) is 26.1 Å². The molecule has 0 saturated heterocycles. The van der Waals surface area contributed by atoms with E-state index in [1.165, 1.54) is 24.1 Å². The summed E-state index contributed by atoms with van der Waals surface area (Å²) < 4.78 is 29.4. The third-order valence-electron chi connectivity index (χ3n) is 4.27. The molecule has 0 bridgehead atoms. The van der Waals surface area contributed by atoms with Crippen LogP contribution in [-0.2, 0) is 14.8 Å². The van der Waals surface area contributed by atoms with Crippen LogP contribution in [0, 0.1) is 0 Å². The molecule has 0 unspecified atom stereocenters. The van der Waals surface area contributed by atoms with Crippen molar-refractivity contribution in [3.05, 3.63) is 52.0 Å². The number of carbonyl (C=O) groups excluding carboxylic acids is 1. The third-order valence-corrected chi connectivity index (χ3v) is 5.70. The number of hydrogen-bond donors (Lipinski definition) is 1. The van der Waals surface area contributed by atoms with Crippen molar-refractivity contribution in [2.24, 2.45) is 15.3 Å². The Bertz CT molecular complexity index is 1140. The molecule has 0 fully saturated rings. The van der Waals surface area contributed by atoms with Gasteiger partial charge in [-0.25, -0.2) is 13.6 Å². The van der Waals surface area contributed by atoms with Crippen LogP contribution in [0.15, 0.2) is 56.0 Å². The molecule has 0 atom stereocenters. The smallest absolute Gasteiger partial charge is 0.279 e. The summed E-state index contributed by atoms with van der Waals surface area (Å²) >= 11 is 3.39. The molecular weight excluding hydrogens is 448 g/mol. The zero-order chi connectivity index (χ0) is 20.6. The zero-order valence-electron chi connectivity index (χ0n) is 15.3. The van der Waals surface area contributed by atoms with Gasteiger partial charge in [0.2, 0.25) is 10.0 Å². The highest BCUT2D eigenvalue weighted by atomic mass is 79.9. The largest absolute Gasteiger partial charge is 0.495 e. The van der Waals surface area contributed by atoms with E-state index >= 15 is 0 Å². The zero-order valence-corrected chi connectivity index (χ0v) is 17.7. The summed E-state index contributed by atoms with van der Waals surface area (Å²) in [7, 11) is -0.957. The Hall–Kier alpha value is -2.56. The highest BCUT2D eigenvalue weighted by Gasteiger charge is 2.31. The number of amides is 1. The van der Waals surface area contributed by atoms with Crippen LogP contribution in [0.3, 0.4) is 0 Å². The van der Waals surface area contributed by atoms with E-state index < -0.39 is 10.0 Å². The third kappa shape index (κ3) is 3.71. The van der Waals surface area contributed by atoms with Crippen molar-refractivity contribution < 1.29 is 17.9 Å². The van der Waals surface area contributed by atoms with Gasteiger partial charge in [-0.1, -0.05) is 15.9 Å². The number of nitrogens with zero attached hydrogens (tertiary/aromatic N) is 3. The molecule has 1 aliphatic heterocycles. The SMILES string of the molecule is COc1ccc(/C(C)=N/N=C2C(=O)N(C)c3ccc(Br)cc32)cc1S(N)(=O)=O. The van der Waals surface area contributed by atoms with Gasteiger partial charge in [0.05, 0.1) is 18.5 Å². The Labute approximate surface area is 170 Å². The van der Waals surface area contributed by atoms with Crippen LogP contribution in [0.4, 0.5) is 5.69 Å². The number of ether oxygens (including phenoxy) is 1. The standard InChI is InChI=1S/C18H17BrN4O4S/c1-10(11-4-7-15(27-3)16(8-11)28(20,25)26)21-22-17-13-9-12(19)5-6-14(13)23(2)18(17)24/h4-9H,1-3H3,(H2,20,25,26)/b21-10+,22-17?. The second-order valence-corrected chi connectivity index (χ2v) is 8.52. The van der Waals surface area contributed by atoms with E-state index in [4.69, 9.17) is 9.88 Å². The lowest BCUT2D eigenvalue weighted by Crippen LogP contribution is -2.25. The van der Waals surface area contributed by atoms with Crippen molar-refractivity contribution in [1.82, 2.24) is 0 Å². The van der Waals surface area contributed by atoms with Crippen LogP contribution in [-0.4, -0.2) is 39.9 Å². The molecule has 2 aromatic carbocycles. The number of rotatable bonds is 4. The first-order valence-corrected chi connectivity index (χ1v) is 10.4. The Balaban J connectivity index is 2.04. The van der Waals surface area contributed by atoms with Gasteiger partial charge in [-0.15, -0.1) is 5.10 Å². The van der Waals surface area contributed by atoms with Crippen molar-refractivity contribution in [3.8, 4) is 5.75 Å². The van der Waals surface area contributed by atoms with Crippen LogP contribution in [0.5, 0.6) is 5.75 Å². The molecule has 2 N–H and O–H groups in total. The van der Waals surface area contributed by atoms with Gasteiger partial charge in [0, 0.05) is 17.1 Å². The van der Waals surface area contributed by atoms with Crippen LogP contribution >= 0.6 is 15.9 Å². The lowest BCUT2D eigenvalue weighted by Gasteiger charge is -2.08. The average molecular weight is 465 g/mol. The number of methoxy groups -OCH3 is 1. The summed E-state index contributed by atoms with van der Waals surface area (Å²) in [5, 5.41) is 13.5. The van der Waals surface area contributed by atoms with Gasteiger partial charge < -0.3 is 9.64 Å². The average Bonchev–Trinajstić information content (AvgIpc) is 2.88. The maximum Gasteiger partial charge on any atom is 0.279 e. The molecule has 8 nitrogen and oxygen atoms in total. The van der Waals surface area contributed by atoms with Crippen LogP contribution in [0.2, 0.25) is 0 Å². The van der Waals surface area contributed by atoms with Crippen molar-refractivity contribution >= 4 is 49.0 Å². The number of hydrogen-bond acceptors (Lipinski definition) is 6. The second kappa shape index (κ2) is 7.46. The van der Waals surface area contributed by atoms with Gasteiger partial charge in [-0.2, -0.15) is 5.10 Å². The van der Waals surface area contributed by atoms with Gasteiger partial charge in [0.1, 0.15) is 10.6 Å². The second-order valence-electron chi connectivity index (χ2n) is 6.07. The fourth-order valence-corrected chi connectivity index (χ4v) is 3.86. The van der Waals surface area contributed by atoms with Gasteiger partial charge >= 0.3 is 0 Å². The molecule has 1 amide bonds. The summed E-state index contributed by atoms with van der Waals surface area (Å²) in [5.74, 6) is -0.138. The molecule has 1 aliphatic rings. The summed E-state index contributed by atoms with van der Waals surface area (Å²) in [5.41, 5.74) is 2.51. The summed E-state index contributed by atoms with van der Waals surface area (Å²) in [6.45, 7) is 1.66. The van der Waals surface area contributed by atoms with Gasteiger partial charge in [-0.3, -0.25) is 4.79 Å². The molecule has 0 aliphatic carbocycles. The van der Waals surface area contributed by atoms with Crippen LogP contribution in [0.1, 0.15) is 18.1 Å². The number of nitrogens with two attached hydrogens (primary N) is 1. The number of carbonyl (C=O) groups is 1. The topological polar surface area (TPSA) is 114 Å². The quantitative estimate of drug-likeness (QED) is 0.551. The Kier molecular flexibility index (Phi) is 5.37. The van der Waals surface area contributed by atoms with E-state index in [-0.39, 0.29) is 22.3 Å². The van der Waals surface area contributed by atoms with Crippen molar-refractivity contribution in [2.75, 3.05) is 19.1 Å². The van der Waals surface area contributed by atoms with Crippen molar-refractivity contribution in [2.45, 2.75) is 11.8 Å². The van der Waals surface area contributed by atoms with E-state index in [9.17, 15) is 13.2 Å². The maximum absolute atomic E-state index is 12.5. The molecule has 0 radical (unpaired) electrons. The number of sulfonamides is 1. The molecule has 0 spiro atoms. The molecule has 1 heterocycles. The predicted octanol–water partition coefficient (Wildman–Crippen LogP) is 2.29. The maximum atomic E-state index is 12.5. The van der Waals surface area contributed by atoms with Gasteiger partial charge in [0.15, 0.2) is 5.71 Å². The van der Waals surface area contributed by atoms with Crippen molar-refractivity contribution in [1.29, 1.82) is 0 Å². The normalized spacial score (nSPS) is 15.9. The fourth-order valence-electron chi connectivity index (χ4n) is 2.78. The minimum atomic E-state index is -3.97. The van der Waals surface area contributed by atoms with Gasteiger partial charge in [0.25, 0.3) is 5.91 Å². The number of fused-ring (bicyclic) bond motifs is 1. The lowest BCUT2D eigenvalue weighted by atomic mass is 10.1. The first kappa shape index (κ1) is 20.2. The van der Waals surface area contributed by atoms with Crippen LogP contribution < -0.4 is 14.8 Å². The predicted molar refractivity (Wildman–Crippen MR) is 111 cm³/mol. The molecule has 28 heavy (non-hydrogen) atoms.